The second-order valence-electron chi connectivity index (χ2n) is 12.7. The van der Waals surface area contributed by atoms with E-state index in [2.05, 4.69) is 66.6 Å². The van der Waals surface area contributed by atoms with Gasteiger partial charge in [-0.3, -0.25) is 0 Å². The van der Waals surface area contributed by atoms with E-state index in [0.29, 0.717) is 31.7 Å². The van der Waals surface area contributed by atoms with Crippen LogP contribution in [-0.4, -0.2) is 47.5 Å². The Kier molecular flexibility index (Phi) is 12.3. The Labute approximate surface area is 248 Å². The highest BCUT2D eigenvalue weighted by Crippen LogP contribution is 2.32. The number of benzene rings is 2. The van der Waals surface area contributed by atoms with Gasteiger partial charge < -0.3 is 14.2 Å². The number of aromatic nitrogens is 1. The molecule has 0 bridgehead atoms. The van der Waals surface area contributed by atoms with Gasteiger partial charge in [0.2, 0.25) is 0 Å². The summed E-state index contributed by atoms with van der Waals surface area (Å²) in [6.45, 7) is 15.2. The number of ether oxygens (including phenoxy) is 1. The third-order valence-corrected chi connectivity index (χ3v) is 8.79. The van der Waals surface area contributed by atoms with Gasteiger partial charge in [0.1, 0.15) is 17.1 Å². The Morgan fingerprint density at radius 2 is 1.49 bits per heavy atom. The van der Waals surface area contributed by atoms with Crippen molar-refractivity contribution in [3.63, 3.8) is 0 Å². The number of fused-ring (bicyclic) bond motifs is 1. The van der Waals surface area contributed by atoms with Crippen molar-refractivity contribution in [3.8, 4) is 5.75 Å². The first-order valence-corrected chi connectivity index (χ1v) is 15.8. The van der Waals surface area contributed by atoms with Crippen molar-refractivity contribution in [2.24, 2.45) is 5.92 Å². The third kappa shape index (κ3) is 9.56. The first kappa shape index (κ1) is 33.1. The average Bonchev–Trinajstić information content (AvgIpc) is 3.20. The Morgan fingerprint density at radius 3 is 2.02 bits per heavy atom. The molecule has 2 aromatic carbocycles. The van der Waals surface area contributed by atoms with Gasteiger partial charge in [-0.15, -0.1) is 0 Å². The second kappa shape index (κ2) is 15.2. The Hall–Kier alpha value is -2.40. The van der Waals surface area contributed by atoms with E-state index in [1.807, 2.05) is 19.1 Å². The molecule has 4 rings (SSSR count). The van der Waals surface area contributed by atoms with Crippen molar-refractivity contribution in [1.82, 2.24) is 9.47 Å². The first-order chi connectivity index (χ1) is 19.5. The van der Waals surface area contributed by atoms with Gasteiger partial charge >= 0.3 is 0 Å². The molecule has 3 aromatic rings. The van der Waals surface area contributed by atoms with Crippen molar-refractivity contribution in [3.05, 3.63) is 65.4 Å². The van der Waals surface area contributed by atoms with Crippen LogP contribution in [0.3, 0.4) is 0 Å². The molecule has 228 valence electrons. The van der Waals surface area contributed by atoms with Crippen LogP contribution in [-0.2, 0) is 13.0 Å². The molecule has 0 unspecified atom stereocenters. The number of rotatable bonds is 12. The van der Waals surface area contributed by atoms with Gasteiger partial charge in [0, 0.05) is 29.7 Å². The summed E-state index contributed by atoms with van der Waals surface area (Å²) in [5.74, 6) is 1.54. The number of piperidine rings is 1. The highest BCUT2D eigenvalue weighted by Gasteiger charge is 2.32. The summed E-state index contributed by atoms with van der Waals surface area (Å²) in [4.78, 5) is 2.39. The summed E-state index contributed by atoms with van der Waals surface area (Å²) in [5, 5.41) is 1.36. The van der Waals surface area contributed by atoms with E-state index < -0.39 is 11.3 Å². The zero-order valence-electron chi connectivity index (χ0n) is 26.7. The molecule has 1 aromatic heterocycles. The zero-order chi connectivity index (χ0) is 30.0. The molecule has 2 heterocycles. The average molecular weight is 569 g/mol. The van der Waals surface area contributed by atoms with Crippen LogP contribution in [0.15, 0.2) is 48.5 Å². The summed E-state index contributed by atoms with van der Waals surface area (Å²) >= 11 is 0. The predicted molar refractivity (Wildman–Crippen MR) is 171 cm³/mol. The maximum atomic E-state index is 15.4. The van der Waals surface area contributed by atoms with Crippen LogP contribution in [0.4, 0.5) is 8.78 Å². The van der Waals surface area contributed by atoms with E-state index in [1.54, 1.807) is 21.0 Å². The number of alkyl halides is 2. The molecule has 0 aliphatic carbocycles. The number of methoxy groups -OCH3 is 1. The molecule has 1 saturated heterocycles. The summed E-state index contributed by atoms with van der Waals surface area (Å²) in [7, 11) is 1.71. The zero-order valence-corrected chi connectivity index (χ0v) is 26.7. The fraction of sp³-hybridized carbons (Fsp3) is 0.611. The van der Waals surface area contributed by atoms with E-state index in [1.165, 1.54) is 27.7 Å². The molecular formula is C36H54F2N2O. The van der Waals surface area contributed by atoms with Gasteiger partial charge in [-0.05, 0) is 108 Å². The van der Waals surface area contributed by atoms with Crippen LogP contribution < -0.4 is 4.74 Å². The number of hydrogen-bond donors (Lipinski definition) is 0. The normalized spacial score (nSPS) is 15.1. The Morgan fingerprint density at radius 1 is 0.902 bits per heavy atom. The van der Waals surface area contributed by atoms with Gasteiger partial charge in [-0.25, -0.2) is 8.78 Å². The largest absolute Gasteiger partial charge is 0.497 e. The number of nitrogens with zero attached hydrogens (tertiary/aromatic N) is 2. The first-order valence-electron chi connectivity index (χ1n) is 15.8. The summed E-state index contributed by atoms with van der Waals surface area (Å²) in [5.41, 5.74) is 3.46. The standard InChI is InChI=1S/C31H43FN2O.C5H11F/c1-5-17-31(32,18-6-2)23-33-19-15-26(16-20-33)22-34-24(3)29(28-9-7-8-10-30(28)34)21-25-11-13-27(35-4)14-12-25;1-4-5(2,3)6/h7-14,26H,5-6,15-23H2,1-4H3;4H2,1-3H3. The van der Waals surface area contributed by atoms with Crippen LogP contribution >= 0.6 is 0 Å². The molecule has 1 aliphatic heterocycles. The topological polar surface area (TPSA) is 17.4 Å². The monoisotopic (exact) mass is 568 g/mol. The summed E-state index contributed by atoms with van der Waals surface area (Å²) < 4.78 is 35.4. The van der Waals surface area contributed by atoms with E-state index in [0.717, 1.165) is 57.5 Å². The van der Waals surface area contributed by atoms with Crippen LogP contribution in [0, 0.1) is 12.8 Å². The number of likely N-dealkylation sites (tertiary alicyclic amines) is 1. The lowest BCUT2D eigenvalue weighted by Crippen LogP contribution is -2.44. The molecule has 0 saturated carbocycles. The van der Waals surface area contributed by atoms with E-state index in [4.69, 9.17) is 4.74 Å². The van der Waals surface area contributed by atoms with Crippen LogP contribution in [0.1, 0.15) is 96.4 Å². The van der Waals surface area contributed by atoms with Crippen LogP contribution in [0.5, 0.6) is 5.75 Å². The molecule has 0 spiro atoms. The number of halogens is 2. The molecule has 0 atom stereocenters. The molecule has 1 aliphatic rings. The lowest BCUT2D eigenvalue weighted by atomic mass is 9.91. The fourth-order valence-corrected chi connectivity index (χ4v) is 6.07. The fourth-order valence-electron chi connectivity index (χ4n) is 6.07. The Bertz CT molecular complexity index is 1180. The Balaban J connectivity index is 0.000000696. The summed E-state index contributed by atoms with van der Waals surface area (Å²) in [6, 6.07) is 17.3. The van der Waals surface area contributed by atoms with E-state index >= 15 is 4.39 Å². The SMILES string of the molecule is CCC(C)(C)F.CCCC(F)(CCC)CN1CCC(Cn2c(C)c(Cc3ccc(OC)cc3)c3ccccc32)CC1. The van der Waals surface area contributed by atoms with Crippen molar-refractivity contribution in [2.45, 2.75) is 111 Å². The lowest BCUT2D eigenvalue weighted by Gasteiger charge is -2.37. The van der Waals surface area contributed by atoms with Gasteiger partial charge in [0.25, 0.3) is 0 Å². The van der Waals surface area contributed by atoms with Crippen molar-refractivity contribution in [2.75, 3.05) is 26.7 Å². The van der Waals surface area contributed by atoms with Crippen LogP contribution in [0.25, 0.3) is 10.9 Å². The van der Waals surface area contributed by atoms with E-state index in [9.17, 15) is 4.39 Å². The molecule has 5 heteroatoms. The van der Waals surface area contributed by atoms with E-state index in [-0.39, 0.29) is 0 Å². The predicted octanol–water partition coefficient (Wildman–Crippen LogP) is 9.71. The van der Waals surface area contributed by atoms with Gasteiger partial charge in [-0.1, -0.05) is 63.9 Å². The number of para-hydroxylation sites is 1. The van der Waals surface area contributed by atoms with Gasteiger partial charge in [-0.2, -0.15) is 0 Å². The van der Waals surface area contributed by atoms with Crippen molar-refractivity contribution < 1.29 is 13.5 Å². The third-order valence-electron chi connectivity index (χ3n) is 8.79. The molecule has 41 heavy (non-hydrogen) atoms. The maximum absolute atomic E-state index is 15.4. The molecule has 3 nitrogen and oxygen atoms in total. The minimum absolute atomic E-state index is 0.604. The maximum Gasteiger partial charge on any atom is 0.123 e. The quantitative estimate of drug-likeness (QED) is 0.216. The summed E-state index contributed by atoms with van der Waals surface area (Å²) in [6.07, 6.45) is 7.04. The molecule has 0 N–H and O–H groups in total. The minimum atomic E-state index is -1.01. The molecular weight excluding hydrogens is 514 g/mol. The highest BCUT2D eigenvalue weighted by molar-refractivity contribution is 5.86. The molecule has 1 fully saturated rings. The van der Waals surface area contributed by atoms with Crippen LogP contribution in [0.2, 0.25) is 0 Å². The van der Waals surface area contributed by atoms with Gasteiger partial charge in [0.15, 0.2) is 0 Å². The van der Waals surface area contributed by atoms with Crippen molar-refractivity contribution >= 4 is 10.9 Å². The number of hydrogen-bond acceptors (Lipinski definition) is 2. The smallest absolute Gasteiger partial charge is 0.123 e. The molecule has 0 amide bonds. The lowest BCUT2D eigenvalue weighted by molar-refractivity contribution is 0.0535. The van der Waals surface area contributed by atoms with Crippen molar-refractivity contribution in [1.29, 1.82) is 0 Å². The highest BCUT2D eigenvalue weighted by atomic mass is 19.1. The second-order valence-corrected chi connectivity index (χ2v) is 12.7. The molecule has 0 radical (unpaired) electrons. The minimum Gasteiger partial charge on any atom is -0.497 e. The van der Waals surface area contributed by atoms with Gasteiger partial charge in [0.05, 0.1) is 7.11 Å².